The second kappa shape index (κ2) is 7.74. The van der Waals surface area contributed by atoms with Crippen molar-refractivity contribution >= 4 is 17.7 Å². The summed E-state index contributed by atoms with van der Waals surface area (Å²) in [5.41, 5.74) is 0.212. The van der Waals surface area contributed by atoms with E-state index >= 15 is 0 Å². The van der Waals surface area contributed by atoms with Crippen LogP contribution in [0.5, 0.6) is 0 Å². The standard InChI is InChI=1S/C26H38N2O3/c1-15(2)8-22(28-24(30)20-6-4-5-7-21(20)25(28)31)23(29)27-16(3)26-12-17-9-18(13-26)11-19(10-17)14-26/h4-5,15-22H,6-14H2,1-3H3,(H,27,29)/t16-,17?,18?,19?,20-,21+,22+,26?/m0/s1. The first-order chi connectivity index (χ1) is 14.8. The predicted molar refractivity (Wildman–Crippen MR) is 119 cm³/mol. The van der Waals surface area contributed by atoms with Crippen LogP contribution in [0.15, 0.2) is 12.2 Å². The normalized spacial score (nSPS) is 40.4. The molecule has 0 unspecified atom stereocenters. The highest BCUT2D eigenvalue weighted by Crippen LogP contribution is 2.61. The molecule has 1 saturated heterocycles. The van der Waals surface area contributed by atoms with Crippen LogP contribution in [-0.2, 0) is 14.4 Å². The molecule has 6 aliphatic rings. The molecule has 4 saturated carbocycles. The van der Waals surface area contributed by atoms with E-state index in [1.165, 1.54) is 43.4 Å². The number of fused-ring (bicyclic) bond motifs is 1. The van der Waals surface area contributed by atoms with Crippen LogP contribution in [0, 0.1) is 40.9 Å². The van der Waals surface area contributed by atoms with Crippen LogP contribution in [0.25, 0.3) is 0 Å². The van der Waals surface area contributed by atoms with Crippen LogP contribution in [-0.4, -0.2) is 34.7 Å². The lowest BCUT2D eigenvalue weighted by molar-refractivity contribution is -0.149. The van der Waals surface area contributed by atoms with Gasteiger partial charge in [0, 0.05) is 6.04 Å². The Morgan fingerprint density at radius 1 is 0.968 bits per heavy atom. The Balaban J connectivity index is 1.34. The van der Waals surface area contributed by atoms with Gasteiger partial charge in [-0.3, -0.25) is 19.3 Å². The molecule has 31 heavy (non-hydrogen) atoms. The predicted octanol–water partition coefficient (Wildman–Crippen LogP) is 4.07. The molecule has 4 atom stereocenters. The van der Waals surface area contributed by atoms with Gasteiger partial charge in [-0.2, -0.15) is 0 Å². The number of hydrogen-bond donors (Lipinski definition) is 1. The Labute approximate surface area is 186 Å². The van der Waals surface area contributed by atoms with Crippen LogP contribution in [0.1, 0.15) is 78.6 Å². The lowest BCUT2D eigenvalue weighted by Gasteiger charge is -2.59. The minimum Gasteiger partial charge on any atom is -0.351 e. The molecule has 3 amide bonds. The van der Waals surface area contributed by atoms with Gasteiger partial charge in [0.1, 0.15) is 6.04 Å². The van der Waals surface area contributed by atoms with E-state index in [1.807, 2.05) is 12.2 Å². The van der Waals surface area contributed by atoms with Crippen LogP contribution in [0.4, 0.5) is 0 Å². The fraction of sp³-hybridized carbons (Fsp3) is 0.808. The Morgan fingerprint density at radius 2 is 1.45 bits per heavy atom. The number of rotatable bonds is 6. The van der Waals surface area contributed by atoms with Crippen molar-refractivity contribution < 1.29 is 14.4 Å². The first-order valence-corrected chi connectivity index (χ1v) is 12.6. The number of allylic oxidation sites excluding steroid dienone is 2. The van der Waals surface area contributed by atoms with Crippen LogP contribution in [0.3, 0.4) is 0 Å². The molecule has 5 fully saturated rings. The molecule has 0 aromatic heterocycles. The number of hydrogen-bond acceptors (Lipinski definition) is 3. The van der Waals surface area contributed by atoms with E-state index in [0.717, 1.165) is 17.8 Å². The maximum absolute atomic E-state index is 13.6. The van der Waals surface area contributed by atoms with E-state index < -0.39 is 6.04 Å². The maximum atomic E-state index is 13.6. The number of likely N-dealkylation sites (tertiary alicyclic amines) is 1. The fourth-order valence-corrected chi connectivity index (χ4v) is 8.08. The highest BCUT2D eigenvalue weighted by molar-refractivity contribution is 6.08. The lowest BCUT2D eigenvalue weighted by Crippen LogP contribution is -2.59. The largest absolute Gasteiger partial charge is 0.351 e. The zero-order valence-corrected chi connectivity index (χ0v) is 19.3. The highest BCUT2D eigenvalue weighted by Gasteiger charge is 2.55. The van der Waals surface area contributed by atoms with Gasteiger partial charge >= 0.3 is 0 Å². The van der Waals surface area contributed by atoms with E-state index in [2.05, 4.69) is 26.1 Å². The van der Waals surface area contributed by atoms with E-state index in [-0.39, 0.29) is 46.9 Å². The summed E-state index contributed by atoms with van der Waals surface area (Å²) < 4.78 is 0. The molecule has 5 aliphatic carbocycles. The van der Waals surface area contributed by atoms with E-state index in [4.69, 9.17) is 0 Å². The monoisotopic (exact) mass is 426 g/mol. The summed E-state index contributed by atoms with van der Waals surface area (Å²) in [4.78, 5) is 41.3. The maximum Gasteiger partial charge on any atom is 0.243 e. The highest BCUT2D eigenvalue weighted by atomic mass is 16.2. The molecule has 0 radical (unpaired) electrons. The molecule has 0 aromatic rings. The summed E-state index contributed by atoms with van der Waals surface area (Å²) >= 11 is 0. The van der Waals surface area contributed by atoms with E-state index in [0.29, 0.717) is 19.3 Å². The number of nitrogens with zero attached hydrogens (tertiary/aromatic N) is 1. The second-order valence-corrected chi connectivity index (χ2v) is 11.9. The summed E-state index contributed by atoms with van der Waals surface area (Å²) in [7, 11) is 0. The summed E-state index contributed by atoms with van der Waals surface area (Å²) in [6.07, 6.45) is 13.6. The molecule has 6 rings (SSSR count). The van der Waals surface area contributed by atoms with Crippen LogP contribution in [0.2, 0.25) is 0 Å². The van der Waals surface area contributed by atoms with Crippen molar-refractivity contribution in [3.8, 4) is 0 Å². The Hall–Kier alpha value is -1.65. The van der Waals surface area contributed by atoms with E-state index in [1.54, 1.807) is 0 Å². The smallest absolute Gasteiger partial charge is 0.243 e. The van der Waals surface area contributed by atoms with Crippen molar-refractivity contribution in [3.63, 3.8) is 0 Å². The summed E-state index contributed by atoms with van der Waals surface area (Å²) in [6, 6.07) is -0.582. The van der Waals surface area contributed by atoms with Gasteiger partial charge in [0.2, 0.25) is 17.7 Å². The van der Waals surface area contributed by atoms with Gasteiger partial charge in [-0.15, -0.1) is 0 Å². The summed E-state index contributed by atoms with van der Waals surface area (Å²) in [5, 5.41) is 3.34. The average Bonchev–Trinajstić information content (AvgIpc) is 2.95. The molecule has 5 nitrogen and oxygen atoms in total. The van der Waals surface area contributed by atoms with Crippen molar-refractivity contribution in [2.45, 2.75) is 90.6 Å². The quantitative estimate of drug-likeness (QED) is 0.514. The van der Waals surface area contributed by atoms with Gasteiger partial charge in [-0.05, 0) is 93.8 Å². The number of carbonyl (C=O) groups excluding carboxylic acids is 3. The molecule has 1 aliphatic heterocycles. The average molecular weight is 427 g/mol. The third-order valence-corrected chi connectivity index (χ3v) is 9.21. The van der Waals surface area contributed by atoms with Gasteiger partial charge in [-0.25, -0.2) is 0 Å². The minimum atomic E-state index is -0.679. The first-order valence-electron chi connectivity index (χ1n) is 12.6. The van der Waals surface area contributed by atoms with Crippen LogP contribution < -0.4 is 5.32 Å². The lowest BCUT2D eigenvalue weighted by atomic mass is 9.48. The molecule has 170 valence electrons. The zero-order chi connectivity index (χ0) is 21.9. The summed E-state index contributed by atoms with van der Waals surface area (Å²) in [5.74, 6) is 1.77. The second-order valence-electron chi connectivity index (χ2n) is 11.9. The Bertz CT molecular complexity index is 739. The minimum absolute atomic E-state index is 0.0970. The van der Waals surface area contributed by atoms with Crippen molar-refractivity contribution in [2.75, 3.05) is 0 Å². The SMILES string of the molecule is CC(C)C[C@H](C(=O)N[C@@H](C)C12CC3CC(CC(C3)C1)C2)N1C(=O)[C@H]2CC=CC[C@H]2C1=O. The van der Waals surface area contributed by atoms with Gasteiger partial charge < -0.3 is 5.32 Å². The third kappa shape index (κ3) is 3.56. The van der Waals surface area contributed by atoms with Gasteiger partial charge in [0.25, 0.3) is 0 Å². The third-order valence-electron chi connectivity index (χ3n) is 9.21. The van der Waals surface area contributed by atoms with Gasteiger partial charge in [0.15, 0.2) is 0 Å². The number of carbonyl (C=O) groups is 3. The van der Waals surface area contributed by atoms with Gasteiger partial charge in [-0.1, -0.05) is 26.0 Å². The topological polar surface area (TPSA) is 66.5 Å². The molecule has 0 spiro atoms. The molecular weight excluding hydrogens is 388 g/mol. The fourth-order valence-electron chi connectivity index (χ4n) is 8.08. The Kier molecular flexibility index (Phi) is 5.29. The number of imide groups is 1. The molecule has 1 heterocycles. The molecule has 5 heteroatoms. The summed E-state index contributed by atoms with van der Waals surface area (Å²) in [6.45, 7) is 6.29. The molecule has 4 bridgehead atoms. The van der Waals surface area contributed by atoms with E-state index in [9.17, 15) is 14.4 Å². The molecule has 0 aromatic carbocycles. The van der Waals surface area contributed by atoms with Gasteiger partial charge in [0.05, 0.1) is 11.8 Å². The van der Waals surface area contributed by atoms with Crippen molar-refractivity contribution in [1.82, 2.24) is 10.2 Å². The van der Waals surface area contributed by atoms with Crippen molar-refractivity contribution in [1.29, 1.82) is 0 Å². The Morgan fingerprint density at radius 3 is 1.90 bits per heavy atom. The first kappa shape index (κ1) is 21.2. The number of nitrogens with one attached hydrogen (secondary N) is 1. The zero-order valence-electron chi connectivity index (χ0n) is 19.3. The molecular formula is C26H38N2O3. The van der Waals surface area contributed by atoms with Crippen LogP contribution >= 0.6 is 0 Å². The number of amides is 3. The van der Waals surface area contributed by atoms with Crippen molar-refractivity contribution in [2.24, 2.45) is 40.9 Å². The molecule has 1 N–H and O–H groups in total. The van der Waals surface area contributed by atoms with Crippen molar-refractivity contribution in [3.05, 3.63) is 12.2 Å².